The molecule has 0 spiro atoms. The summed E-state index contributed by atoms with van der Waals surface area (Å²) in [6.45, 7) is 6.81. The Hall–Kier alpha value is -1.72. The van der Waals surface area contributed by atoms with Crippen LogP contribution in [0.1, 0.15) is 35.8 Å². The SMILES string of the molecule is CCN(CC)[C@@H](CNC(=O)c1cccnc1)c1ccsc1. The molecule has 0 aliphatic heterocycles. The summed E-state index contributed by atoms with van der Waals surface area (Å²) < 4.78 is 0. The fourth-order valence-electron chi connectivity index (χ4n) is 2.38. The molecule has 0 aromatic carbocycles. The Balaban J connectivity index is 2.04. The van der Waals surface area contributed by atoms with E-state index in [9.17, 15) is 4.79 Å². The van der Waals surface area contributed by atoms with Crippen LogP contribution in [0.5, 0.6) is 0 Å². The zero-order valence-electron chi connectivity index (χ0n) is 12.5. The predicted octanol–water partition coefficient (Wildman–Crippen LogP) is 2.96. The Morgan fingerprint density at radius 1 is 1.38 bits per heavy atom. The fourth-order valence-corrected chi connectivity index (χ4v) is 3.08. The molecule has 5 heteroatoms. The summed E-state index contributed by atoms with van der Waals surface area (Å²) in [6, 6.07) is 5.89. The number of aromatic nitrogens is 1. The average Bonchev–Trinajstić information content (AvgIpc) is 3.06. The zero-order valence-corrected chi connectivity index (χ0v) is 13.3. The monoisotopic (exact) mass is 303 g/mol. The van der Waals surface area contributed by atoms with E-state index in [4.69, 9.17) is 0 Å². The summed E-state index contributed by atoms with van der Waals surface area (Å²) >= 11 is 1.69. The maximum Gasteiger partial charge on any atom is 0.252 e. The van der Waals surface area contributed by atoms with Gasteiger partial charge in [-0.25, -0.2) is 0 Å². The highest BCUT2D eigenvalue weighted by atomic mass is 32.1. The number of carbonyl (C=O) groups is 1. The van der Waals surface area contributed by atoms with Crippen LogP contribution in [0.3, 0.4) is 0 Å². The van der Waals surface area contributed by atoms with Crippen molar-refractivity contribution in [3.05, 3.63) is 52.5 Å². The standard InChI is InChI=1S/C16H21N3OS/c1-3-19(4-2)15(14-7-9-21-12-14)11-18-16(20)13-6-5-8-17-10-13/h5-10,12,15H,3-4,11H2,1-2H3,(H,18,20)/t15-/m0/s1. The molecule has 2 rings (SSSR count). The second kappa shape index (κ2) is 7.90. The minimum Gasteiger partial charge on any atom is -0.350 e. The van der Waals surface area contributed by atoms with Gasteiger partial charge in [0, 0.05) is 18.9 Å². The minimum absolute atomic E-state index is 0.0736. The number of amides is 1. The first kappa shape index (κ1) is 15.7. The third-order valence-corrected chi connectivity index (χ3v) is 4.26. The van der Waals surface area contributed by atoms with Crippen molar-refractivity contribution in [2.75, 3.05) is 19.6 Å². The lowest BCUT2D eigenvalue weighted by molar-refractivity contribution is 0.0934. The lowest BCUT2D eigenvalue weighted by Gasteiger charge is -2.29. The summed E-state index contributed by atoms with van der Waals surface area (Å²) in [6.07, 6.45) is 3.26. The smallest absolute Gasteiger partial charge is 0.252 e. The molecule has 2 aromatic rings. The third kappa shape index (κ3) is 4.12. The third-order valence-electron chi connectivity index (χ3n) is 3.56. The molecule has 1 amide bonds. The highest BCUT2D eigenvalue weighted by Crippen LogP contribution is 2.22. The number of likely N-dealkylation sites (N-methyl/N-ethyl adjacent to an activating group) is 1. The quantitative estimate of drug-likeness (QED) is 0.855. The number of hydrogen-bond acceptors (Lipinski definition) is 4. The van der Waals surface area contributed by atoms with Gasteiger partial charge in [-0.3, -0.25) is 14.7 Å². The largest absolute Gasteiger partial charge is 0.350 e. The Bertz CT molecular complexity index is 538. The van der Waals surface area contributed by atoms with E-state index in [2.05, 4.69) is 45.9 Å². The van der Waals surface area contributed by atoms with Gasteiger partial charge in [-0.15, -0.1) is 0 Å². The van der Waals surface area contributed by atoms with Gasteiger partial charge >= 0.3 is 0 Å². The van der Waals surface area contributed by atoms with E-state index in [1.165, 1.54) is 5.56 Å². The van der Waals surface area contributed by atoms with E-state index in [-0.39, 0.29) is 11.9 Å². The summed E-state index contributed by atoms with van der Waals surface area (Å²) in [5, 5.41) is 7.25. The van der Waals surface area contributed by atoms with Crippen molar-refractivity contribution in [3.63, 3.8) is 0 Å². The van der Waals surface area contributed by atoms with Crippen LogP contribution >= 0.6 is 11.3 Å². The predicted molar refractivity (Wildman–Crippen MR) is 86.6 cm³/mol. The number of nitrogens with zero attached hydrogens (tertiary/aromatic N) is 2. The van der Waals surface area contributed by atoms with Gasteiger partial charge < -0.3 is 5.32 Å². The van der Waals surface area contributed by atoms with Gasteiger partial charge in [-0.05, 0) is 47.6 Å². The molecule has 0 saturated carbocycles. The van der Waals surface area contributed by atoms with Crippen LogP contribution in [0, 0.1) is 0 Å². The molecule has 1 N–H and O–H groups in total. The van der Waals surface area contributed by atoms with Gasteiger partial charge in [0.05, 0.1) is 11.6 Å². The Morgan fingerprint density at radius 3 is 2.76 bits per heavy atom. The van der Waals surface area contributed by atoms with Gasteiger partial charge in [0.2, 0.25) is 0 Å². The fraction of sp³-hybridized carbons (Fsp3) is 0.375. The molecular formula is C16H21N3OS. The first-order chi connectivity index (χ1) is 10.3. The van der Waals surface area contributed by atoms with Crippen LogP contribution in [-0.4, -0.2) is 35.4 Å². The number of rotatable bonds is 7. The van der Waals surface area contributed by atoms with Gasteiger partial charge in [0.25, 0.3) is 5.91 Å². The highest BCUT2D eigenvalue weighted by Gasteiger charge is 2.19. The molecule has 0 aliphatic rings. The van der Waals surface area contributed by atoms with Crippen molar-refractivity contribution in [3.8, 4) is 0 Å². The van der Waals surface area contributed by atoms with Crippen LogP contribution in [-0.2, 0) is 0 Å². The first-order valence-electron chi connectivity index (χ1n) is 7.20. The Morgan fingerprint density at radius 2 is 2.19 bits per heavy atom. The number of carbonyl (C=O) groups excluding carboxylic acids is 1. The van der Waals surface area contributed by atoms with Crippen LogP contribution in [0.25, 0.3) is 0 Å². The Kier molecular flexibility index (Phi) is 5.90. The number of pyridine rings is 1. The molecule has 0 fully saturated rings. The first-order valence-corrected chi connectivity index (χ1v) is 8.14. The van der Waals surface area contributed by atoms with E-state index in [0.717, 1.165) is 13.1 Å². The molecule has 0 radical (unpaired) electrons. The van der Waals surface area contributed by atoms with Gasteiger partial charge in [0.1, 0.15) is 0 Å². The summed E-state index contributed by atoms with van der Waals surface area (Å²) in [7, 11) is 0. The van der Waals surface area contributed by atoms with Crippen molar-refractivity contribution in [2.45, 2.75) is 19.9 Å². The van der Waals surface area contributed by atoms with E-state index >= 15 is 0 Å². The molecule has 0 aliphatic carbocycles. The zero-order chi connectivity index (χ0) is 15.1. The van der Waals surface area contributed by atoms with Crippen molar-refractivity contribution in [2.24, 2.45) is 0 Å². The lowest BCUT2D eigenvalue weighted by Crippen LogP contribution is -2.37. The molecule has 2 aromatic heterocycles. The molecular weight excluding hydrogens is 282 g/mol. The molecule has 21 heavy (non-hydrogen) atoms. The van der Waals surface area contributed by atoms with Crippen LogP contribution in [0.2, 0.25) is 0 Å². The number of thiophene rings is 1. The topological polar surface area (TPSA) is 45.2 Å². The average molecular weight is 303 g/mol. The van der Waals surface area contributed by atoms with Crippen molar-refractivity contribution in [1.29, 1.82) is 0 Å². The van der Waals surface area contributed by atoms with Crippen LogP contribution < -0.4 is 5.32 Å². The van der Waals surface area contributed by atoms with Gasteiger partial charge in [-0.1, -0.05) is 13.8 Å². The minimum atomic E-state index is -0.0736. The molecule has 4 nitrogen and oxygen atoms in total. The Labute approximate surface area is 129 Å². The van der Waals surface area contributed by atoms with E-state index < -0.39 is 0 Å². The lowest BCUT2D eigenvalue weighted by atomic mass is 10.1. The van der Waals surface area contributed by atoms with E-state index in [1.54, 1.807) is 35.9 Å². The normalized spacial score (nSPS) is 12.3. The number of hydrogen-bond donors (Lipinski definition) is 1. The molecule has 0 bridgehead atoms. The second-order valence-corrected chi connectivity index (χ2v) is 5.53. The second-order valence-electron chi connectivity index (χ2n) is 4.75. The van der Waals surface area contributed by atoms with Crippen molar-refractivity contribution in [1.82, 2.24) is 15.2 Å². The van der Waals surface area contributed by atoms with Gasteiger partial charge in [0.15, 0.2) is 0 Å². The van der Waals surface area contributed by atoms with Crippen LogP contribution in [0.15, 0.2) is 41.4 Å². The molecule has 1 atom stereocenters. The molecule has 0 unspecified atom stereocenters. The van der Waals surface area contributed by atoms with Crippen molar-refractivity contribution < 1.29 is 4.79 Å². The summed E-state index contributed by atoms with van der Waals surface area (Å²) in [4.78, 5) is 18.5. The molecule has 0 saturated heterocycles. The van der Waals surface area contributed by atoms with Crippen LogP contribution in [0.4, 0.5) is 0 Å². The summed E-state index contributed by atoms with van der Waals surface area (Å²) in [5.41, 5.74) is 1.86. The molecule has 112 valence electrons. The van der Waals surface area contributed by atoms with E-state index in [1.807, 2.05) is 0 Å². The maximum atomic E-state index is 12.2. The highest BCUT2D eigenvalue weighted by molar-refractivity contribution is 7.07. The maximum absolute atomic E-state index is 12.2. The van der Waals surface area contributed by atoms with Crippen molar-refractivity contribution >= 4 is 17.2 Å². The van der Waals surface area contributed by atoms with Gasteiger partial charge in [-0.2, -0.15) is 11.3 Å². The summed E-state index contributed by atoms with van der Waals surface area (Å²) in [5.74, 6) is -0.0736. The van der Waals surface area contributed by atoms with E-state index in [0.29, 0.717) is 12.1 Å². The molecule has 2 heterocycles. The number of nitrogens with one attached hydrogen (secondary N) is 1.